The molecular formula is C18H19N3O8S. The molecule has 30 heavy (non-hydrogen) atoms. The average molecular weight is 437 g/mol. The van der Waals surface area contributed by atoms with E-state index in [-0.39, 0.29) is 19.6 Å². The van der Waals surface area contributed by atoms with Crippen molar-refractivity contribution in [2.45, 2.75) is 24.0 Å². The van der Waals surface area contributed by atoms with Crippen molar-refractivity contribution in [2.24, 2.45) is 0 Å². The molecule has 3 N–H and O–H groups in total. The lowest BCUT2D eigenvalue weighted by atomic mass is 10.2. The molecule has 1 atom stereocenters. The Bertz CT molecular complexity index is 1010. The minimum Gasteiger partial charge on any atom is -0.480 e. The highest BCUT2D eigenvalue weighted by Gasteiger charge is 2.26. The minimum atomic E-state index is -4.26. The number of alkyl carbamates (subject to hydrolysis) is 1. The van der Waals surface area contributed by atoms with Gasteiger partial charge < -0.3 is 15.2 Å². The van der Waals surface area contributed by atoms with Crippen molar-refractivity contribution in [2.75, 3.05) is 6.54 Å². The maximum atomic E-state index is 12.3. The van der Waals surface area contributed by atoms with E-state index >= 15 is 0 Å². The fourth-order valence-electron chi connectivity index (χ4n) is 2.42. The molecule has 0 fully saturated rings. The zero-order chi connectivity index (χ0) is 22.1. The van der Waals surface area contributed by atoms with Gasteiger partial charge in [-0.25, -0.2) is 22.7 Å². The van der Waals surface area contributed by atoms with Crippen LogP contribution in [0.5, 0.6) is 0 Å². The number of carboxylic acid groups (broad SMARTS) is 1. The van der Waals surface area contributed by atoms with E-state index in [1.54, 1.807) is 30.3 Å². The number of rotatable bonds is 10. The predicted molar refractivity (Wildman–Crippen MR) is 104 cm³/mol. The number of para-hydroxylation sites is 1. The van der Waals surface area contributed by atoms with Crippen LogP contribution in [0.25, 0.3) is 0 Å². The number of amides is 1. The molecule has 0 aliphatic heterocycles. The molecule has 11 nitrogen and oxygen atoms in total. The van der Waals surface area contributed by atoms with Gasteiger partial charge in [0.2, 0.25) is 10.0 Å². The molecule has 0 radical (unpaired) electrons. The largest absolute Gasteiger partial charge is 0.480 e. The van der Waals surface area contributed by atoms with E-state index in [0.29, 0.717) is 5.56 Å². The molecule has 160 valence electrons. The van der Waals surface area contributed by atoms with Crippen LogP contribution >= 0.6 is 0 Å². The first-order valence-corrected chi connectivity index (χ1v) is 10.1. The zero-order valence-corrected chi connectivity index (χ0v) is 16.4. The van der Waals surface area contributed by atoms with Crippen LogP contribution in [0.4, 0.5) is 10.5 Å². The summed E-state index contributed by atoms with van der Waals surface area (Å²) in [6.07, 6.45) is -1.29. The van der Waals surface area contributed by atoms with E-state index in [0.717, 1.165) is 12.1 Å². The van der Waals surface area contributed by atoms with Crippen molar-refractivity contribution in [3.8, 4) is 0 Å². The number of carbonyl (C=O) groups excluding carboxylic acids is 1. The van der Waals surface area contributed by atoms with E-state index in [1.807, 2.05) is 0 Å². The van der Waals surface area contributed by atoms with Crippen molar-refractivity contribution >= 4 is 27.8 Å². The van der Waals surface area contributed by atoms with Crippen molar-refractivity contribution in [3.05, 3.63) is 70.3 Å². The van der Waals surface area contributed by atoms with Gasteiger partial charge in [0.25, 0.3) is 5.69 Å². The summed E-state index contributed by atoms with van der Waals surface area (Å²) in [7, 11) is -4.26. The number of hydrogen-bond acceptors (Lipinski definition) is 7. The number of carboxylic acids is 1. The highest BCUT2D eigenvalue weighted by atomic mass is 32.2. The summed E-state index contributed by atoms with van der Waals surface area (Å²) in [5.74, 6) is -1.39. The Hall–Kier alpha value is -3.51. The van der Waals surface area contributed by atoms with Crippen LogP contribution in [-0.4, -0.2) is 43.1 Å². The summed E-state index contributed by atoms with van der Waals surface area (Å²) < 4.78 is 31.7. The maximum Gasteiger partial charge on any atom is 0.408 e. The van der Waals surface area contributed by atoms with Crippen LogP contribution < -0.4 is 10.0 Å². The van der Waals surface area contributed by atoms with E-state index in [1.165, 1.54) is 12.1 Å². The smallest absolute Gasteiger partial charge is 0.408 e. The van der Waals surface area contributed by atoms with Gasteiger partial charge in [-0.05, 0) is 18.1 Å². The number of carbonyl (C=O) groups is 2. The van der Waals surface area contributed by atoms with Gasteiger partial charge in [0.15, 0.2) is 4.90 Å². The predicted octanol–water partition coefficient (Wildman–Crippen LogP) is 1.64. The molecule has 2 rings (SSSR count). The molecule has 0 aliphatic rings. The molecule has 0 aliphatic carbocycles. The Balaban J connectivity index is 1.92. The highest BCUT2D eigenvalue weighted by Crippen LogP contribution is 2.22. The van der Waals surface area contributed by atoms with E-state index in [9.17, 15) is 33.2 Å². The molecule has 12 heteroatoms. The number of nitrogens with zero attached hydrogens (tertiary/aromatic N) is 1. The lowest BCUT2D eigenvalue weighted by Gasteiger charge is -2.15. The van der Waals surface area contributed by atoms with Crippen LogP contribution in [0.1, 0.15) is 12.0 Å². The average Bonchev–Trinajstić information content (AvgIpc) is 2.72. The minimum absolute atomic E-state index is 0.0662. The summed E-state index contributed by atoms with van der Waals surface area (Å²) in [5, 5.41) is 22.4. The molecule has 0 spiro atoms. The third-order valence-electron chi connectivity index (χ3n) is 3.88. The number of nitrogens with one attached hydrogen (secondary N) is 2. The molecule has 0 bridgehead atoms. The standard InChI is InChI=1S/C18H19N3O8S/c22-17(23)14(20-18(24)29-12-13-6-2-1-3-7-13)10-11-19-30(27,28)16-9-5-4-8-15(16)21(25)26/h1-9,14,19H,10-12H2,(H,20,24)(H,22,23)/t14-/m0/s1. The Labute approximate surface area is 171 Å². The Morgan fingerprint density at radius 3 is 2.37 bits per heavy atom. The number of aliphatic carboxylic acids is 1. The van der Waals surface area contributed by atoms with Crippen LogP contribution in [0.3, 0.4) is 0 Å². The van der Waals surface area contributed by atoms with Gasteiger partial charge in [-0.2, -0.15) is 0 Å². The van der Waals surface area contributed by atoms with Crippen molar-refractivity contribution in [1.29, 1.82) is 0 Å². The van der Waals surface area contributed by atoms with Gasteiger partial charge >= 0.3 is 12.1 Å². The summed E-state index contributed by atoms with van der Waals surface area (Å²) >= 11 is 0. The number of benzene rings is 2. The van der Waals surface area contributed by atoms with Crippen molar-refractivity contribution in [1.82, 2.24) is 10.0 Å². The Kier molecular flexibility index (Phi) is 7.83. The van der Waals surface area contributed by atoms with Crippen LogP contribution in [0, 0.1) is 10.1 Å². The SMILES string of the molecule is O=C(N[C@@H](CCNS(=O)(=O)c1ccccc1[N+](=O)[O-])C(=O)O)OCc1ccccc1. The number of hydrogen-bond donors (Lipinski definition) is 3. The number of sulfonamides is 1. The van der Waals surface area contributed by atoms with Crippen molar-refractivity contribution < 1.29 is 32.8 Å². The molecule has 2 aromatic rings. The van der Waals surface area contributed by atoms with Gasteiger partial charge in [0, 0.05) is 12.6 Å². The Morgan fingerprint density at radius 2 is 1.73 bits per heavy atom. The van der Waals surface area contributed by atoms with Gasteiger partial charge in [0.1, 0.15) is 12.6 Å². The lowest BCUT2D eigenvalue weighted by molar-refractivity contribution is -0.387. The number of nitro benzene ring substituents is 1. The summed E-state index contributed by atoms with van der Waals surface area (Å²) in [5.41, 5.74) is 0.0964. The normalized spacial score (nSPS) is 12.0. The molecule has 0 saturated heterocycles. The molecule has 1 amide bonds. The first-order valence-electron chi connectivity index (χ1n) is 8.64. The first-order chi connectivity index (χ1) is 14.2. The third-order valence-corrected chi connectivity index (χ3v) is 5.39. The quantitative estimate of drug-likeness (QED) is 0.373. The fraction of sp³-hybridized carbons (Fsp3) is 0.222. The number of ether oxygens (including phenoxy) is 1. The Morgan fingerprint density at radius 1 is 1.10 bits per heavy atom. The molecular weight excluding hydrogens is 418 g/mol. The molecule has 0 unspecified atom stereocenters. The zero-order valence-electron chi connectivity index (χ0n) is 15.6. The topological polar surface area (TPSA) is 165 Å². The first kappa shape index (κ1) is 22.8. The fourth-order valence-corrected chi connectivity index (χ4v) is 3.63. The monoisotopic (exact) mass is 437 g/mol. The van der Waals surface area contributed by atoms with Gasteiger partial charge in [-0.15, -0.1) is 0 Å². The van der Waals surface area contributed by atoms with Gasteiger partial charge in [-0.3, -0.25) is 10.1 Å². The summed E-state index contributed by atoms with van der Waals surface area (Å²) in [6, 6.07) is 12.1. The van der Waals surface area contributed by atoms with Crippen LogP contribution in [-0.2, 0) is 26.2 Å². The molecule has 0 aromatic heterocycles. The van der Waals surface area contributed by atoms with E-state index in [2.05, 4.69) is 10.0 Å². The van der Waals surface area contributed by atoms with Gasteiger partial charge in [-0.1, -0.05) is 42.5 Å². The molecule has 0 saturated carbocycles. The second-order valence-electron chi connectivity index (χ2n) is 6.01. The van der Waals surface area contributed by atoms with Crippen LogP contribution in [0.15, 0.2) is 59.5 Å². The van der Waals surface area contributed by atoms with Crippen LogP contribution in [0.2, 0.25) is 0 Å². The molecule has 2 aromatic carbocycles. The highest BCUT2D eigenvalue weighted by molar-refractivity contribution is 7.89. The maximum absolute atomic E-state index is 12.3. The lowest BCUT2D eigenvalue weighted by Crippen LogP contribution is -2.43. The number of nitro groups is 1. The molecule has 0 heterocycles. The second kappa shape index (κ2) is 10.3. The second-order valence-corrected chi connectivity index (χ2v) is 7.74. The van der Waals surface area contributed by atoms with E-state index in [4.69, 9.17) is 4.74 Å². The van der Waals surface area contributed by atoms with E-state index < -0.39 is 43.6 Å². The van der Waals surface area contributed by atoms with Gasteiger partial charge in [0.05, 0.1) is 4.92 Å². The summed E-state index contributed by atoms with van der Waals surface area (Å²) in [4.78, 5) is 32.8. The third kappa shape index (κ3) is 6.53. The summed E-state index contributed by atoms with van der Waals surface area (Å²) in [6.45, 7) is -0.451. The van der Waals surface area contributed by atoms with Crippen molar-refractivity contribution in [3.63, 3.8) is 0 Å².